The fraction of sp³-hybridized carbons (Fsp3) is 0.0385. The molecule has 0 saturated heterocycles. The minimum Gasteiger partial charge on any atom is -0.135 e. The summed E-state index contributed by atoms with van der Waals surface area (Å²) in [5, 5.41) is 13.7. The van der Waals surface area contributed by atoms with Gasteiger partial charge in [0.1, 0.15) is 0 Å². The number of allylic oxidation sites excluding steroid dienone is 3. The second-order valence-electron chi connectivity index (χ2n) is 14.7. The maximum absolute atomic E-state index is 2.41. The lowest BCUT2D eigenvalue weighted by atomic mass is 9.85. The zero-order chi connectivity index (χ0) is 35.3. The summed E-state index contributed by atoms with van der Waals surface area (Å²) in [6.07, 6.45) is 9.17. The molecule has 2 atom stereocenters. The third-order valence-corrected chi connectivity index (χ3v) is 14.3. The van der Waals surface area contributed by atoms with E-state index in [4.69, 9.17) is 0 Å². The first kappa shape index (κ1) is 30.5. The zero-order valence-electron chi connectivity index (χ0n) is 29.3. The van der Waals surface area contributed by atoms with E-state index in [9.17, 15) is 0 Å². The van der Waals surface area contributed by atoms with Crippen molar-refractivity contribution in [3.63, 3.8) is 0 Å². The number of fused-ring (bicyclic) bond motifs is 12. The van der Waals surface area contributed by atoms with Gasteiger partial charge < -0.3 is 0 Å². The molecular formula is C52H32S2. The van der Waals surface area contributed by atoms with Crippen molar-refractivity contribution in [1.82, 2.24) is 0 Å². The largest absolute Gasteiger partial charge is 0.135 e. The van der Waals surface area contributed by atoms with Gasteiger partial charge in [0.15, 0.2) is 0 Å². The van der Waals surface area contributed by atoms with Crippen LogP contribution in [-0.2, 0) is 0 Å². The Kier molecular flexibility index (Phi) is 6.66. The monoisotopic (exact) mass is 720 g/mol. The Morgan fingerprint density at radius 3 is 1.74 bits per heavy atom. The molecule has 0 amide bonds. The Morgan fingerprint density at radius 2 is 0.981 bits per heavy atom. The third-order valence-electron chi connectivity index (χ3n) is 11.8. The molecule has 0 bridgehead atoms. The first-order valence-electron chi connectivity index (χ1n) is 18.7. The Morgan fingerprint density at radius 1 is 0.389 bits per heavy atom. The number of hydrogen-bond donors (Lipinski definition) is 0. The third kappa shape index (κ3) is 4.51. The van der Waals surface area contributed by atoms with Crippen LogP contribution in [-0.4, -0.2) is 5.25 Å². The van der Waals surface area contributed by atoms with Crippen LogP contribution in [0.15, 0.2) is 187 Å². The maximum Gasteiger partial charge on any atom is 0.0381 e. The van der Waals surface area contributed by atoms with Gasteiger partial charge in [-0.2, -0.15) is 0 Å². The molecule has 252 valence electrons. The van der Waals surface area contributed by atoms with E-state index in [-0.39, 0.29) is 0 Å². The van der Waals surface area contributed by atoms with Crippen LogP contribution in [0.1, 0.15) is 11.5 Å². The first-order valence-corrected chi connectivity index (χ1v) is 20.4. The van der Waals surface area contributed by atoms with Crippen LogP contribution in [0.4, 0.5) is 0 Å². The lowest BCUT2D eigenvalue weighted by Gasteiger charge is -2.18. The molecule has 0 spiro atoms. The number of thiophene rings is 1. The average molecular weight is 721 g/mol. The van der Waals surface area contributed by atoms with Crippen LogP contribution in [0, 0.1) is 0 Å². The summed E-state index contributed by atoms with van der Waals surface area (Å²) in [4.78, 5) is 1.47. The zero-order valence-corrected chi connectivity index (χ0v) is 30.9. The predicted octanol–water partition coefficient (Wildman–Crippen LogP) is 15.4. The first-order chi connectivity index (χ1) is 26.8. The molecule has 54 heavy (non-hydrogen) atoms. The highest BCUT2D eigenvalue weighted by atomic mass is 32.2. The molecule has 10 aromatic rings. The van der Waals surface area contributed by atoms with E-state index >= 15 is 0 Å². The summed E-state index contributed by atoms with van der Waals surface area (Å²) in [7, 11) is 0. The SMILES string of the molecule is C1=CC2Sc3c(ccc4ccc5sc6cc(-c7ccc8cc(-c9c%10ccccc%10c(-c%10ccccc%10)c%10ccccc9%10)ccc8c7)ccc6c5c34)C2C=C1. The number of hydrogen-bond acceptors (Lipinski definition) is 2. The molecule has 2 unspecified atom stereocenters. The molecule has 12 rings (SSSR count). The molecule has 2 aliphatic rings. The fourth-order valence-electron chi connectivity index (χ4n) is 9.29. The fourth-order valence-corrected chi connectivity index (χ4v) is 11.9. The van der Waals surface area contributed by atoms with Crippen LogP contribution in [0.3, 0.4) is 0 Å². The van der Waals surface area contributed by atoms with Crippen LogP contribution in [0.5, 0.6) is 0 Å². The summed E-state index contributed by atoms with van der Waals surface area (Å²) in [5.74, 6) is 0.467. The second kappa shape index (κ2) is 11.8. The Balaban J connectivity index is 0.970. The van der Waals surface area contributed by atoms with Crippen LogP contribution < -0.4 is 0 Å². The van der Waals surface area contributed by atoms with E-state index in [0.29, 0.717) is 11.2 Å². The van der Waals surface area contributed by atoms with Gasteiger partial charge in [0.2, 0.25) is 0 Å². The van der Waals surface area contributed by atoms with Crippen molar-refractivity contribution in [3.05, 3.63) is 188 Å². The molecule has 0 N–H and O–H groups in total. The highest BCUT2D eigenvalue weighted by Gasteiger charge is 2.33. The summed E-state index contributed by atoms with van der Waals surface area (Å²) >= 11 is 3.97. The van der Waals surface area contributed by atoms with E-state index in [2.05, 4.69) is 182 Å². The van der Waals surface area contributed by atoms with Crippen molar-refractivity contribution >= 4 is 86.4 Å². The molecule has 0 saturated carbocycles. The van der Waals surface area contributed by atoms with Crippen LogP contribution >= 0.6 is 23.1 Å². The van der Waals surface area contributed by atoms with Crippen LogP contribution in [0.2, 0.25) is 0 Å². The van der Waals surface area contributed by atoms with Gasteiger partial charge in [0.05, 0.1) is 0 Å². The number of benzene rings is 9. The van der Waals surface area contributed by atoms with Crippen molar-refractivity contribution in [3.8, 4) is 33.4 Å². The van der Waals surface area contributed by atoms with E-state index in [0.717, 1.165) is 0 Å². The maximum atomic E-state index is 2.41. The topological polar surface area (TPSA) is 0 Å². The van der Waals surface area contributed by atoms with Crippen molar-refractivity contribution in [2.75, 3.05) is 0 Å². The Hall–Kier alpha value is -5.93. The van der Waals surface area contributed by atoms with Gasteiger partial charge in [-0.3, -0.25) is 0 Å². The molecular weight excluding hydrogens is 689 g/mol. The number of rotatable bonds is 3. The van der Waals surface area contributed by atoms with E-state index < -0.39 is 0 Å². The van der Waals surface area contributed by atoms with Gasteiger partial charge in [-0.05, 0) is 101 Å². The highest BCUT2D eigenvalue weighted by Crippen LogP contribution is 2.53. The second-order valence-corrected chi connectivity index (χ2v) is 17.0. The van der Waals surface area contributed by atoms with Gasteiger partial charge in [0, 0.05) is 41.6 Å². The standard InChI is InChI=1S/C52H32S2/c1-2-10-31(11-3-1)48-39-13-4-6-15-41(39)49(42-16-7-5-14-40(42)48)37-21-20-33-28-34(18-19-35(33)29-37)36-23-26-44-47(30-36)53-46-27-24-32-22-25-43-38-12-8-9-17-45(38)54-52(43)50(32)51(44)46/h1-30,38,45H. The van der Waals surface area contributed by atoms with Gasteiger partial charge in [-0.15, -0.1) is 23.1 Å². The van der Waals surface area contributed by atoms with E-state index in [1.807, 2.05) is 23.1 Å². The molecule has 1 aliphatic carbocycles. The molecule has 0 radical (unpaired) electrons. The summed E-state index contributed by atoms with van der Waals surface area (Å²) in [6.45, 7) is 0. The van der Waals surface area contributed by atoms with Gasteiger partial charge in [0.25, 0.3) is 0 Å². The summed E-state index contributed by atoms with van der Waals surface area (Å²) < 4.78 is 2.72. The molecule has 0 nitrogen and oxygen atoms in total. The molecule has 1 aromatic heterocycles. The molecule has 0 fully saturated rings. The Labute approximate surface area is 321 Å². The molecule has 2 heteroatoms. The van der Waals surface area contributed by atoms with Crippen LogP contribution in [0.25, 0.3) is 96.6 Å². The highest BCUT2D eigenvalue weighted by molar-refractivity contribution is 8.00. The molecule has 9 aromatic carbocycles. The molecule has 2 heterocycles. The quantitative estimate of drug-likeness (QED) is 0.164. The lowest BCUT2D eigenvalue weighted by molar-refractivity contribution is 0.884. The van der Waals surface area contributed by atoms with E-state index in [1.165, 1.54) is 107 Å². The average Bonchev–Trinajstić information content (AvgIpc) is 3.81. The summed E-state index contributed by atoms with van der Waals surface area (Å²) in [5.41, 5.74) is 9.09. The minimum atomic E-state index is 0.467. The van der Waals surface area contributed by atoms with E-state index in [1.54, 1.807) is 0 Å². The van der Waals surface area contributed by atoms with Gasteiger partial charge in [-0.1, -0.05) is 158 Å². The Bertz CT molecular complexity index is 3200. The predicted molar refractivity (Wildman–Crippen MR) is 236 cm³/mol. The summed E-state index contributed by atoms with van der Waals surface area (Å²) in [6, 6.07) is 59.1. The number of thioether (sulfide) groups is 1. The van der Waals surface area contributed by atoms with Crippen molar-refractivity contribution in [2.45, 2.75) is 16.1 Å². The lowest BCUT2D eigenvalue weighted by Crippen LogP contribution is -2.06. The van der Waals surface area contributed by atoms with Crippen molar-refractivity contribution in [2.24, 2.45) is 0 Å². The van der Waals surface area contributed by atoms with Gasteiger partial charge in [-0.25, -0.2) is 0 Å². The molecule has 1 aliphatic heterocycles. The smallest absolute Gasteiger partial charge is 0.0381 e. The normalized spacial score (nSPS) is 16.3. The van der Waals surface area contributed by atoms with Crippen molar-refractivity contribution in [1.29, 1.82) is 0 Å². The van der Waals surface area contributed by atoms with Gasteiger partial charge >= 0.3 is 0 Å². The van der Waals surface area contributed by atoms with Crippen molar-refractivity contribution < 1.29 is 0 Å². The minimum absolute atomic E-state index is 0.467.